The summed E-state index contributed by atoms with van der Waals surface area (Å²) in [5.41, 5.74) is 0.658. The Morgan fingerprint density at radius 2 is 2.00 bits per heavy atom. The Hall–Kier alpha value is -1.90. The molecule has 1 N–H and O–H groups in total. The van der Waals surface area contributed by atoms with Crippen molar-refractivity contribution in [3.05, 3.63) is 63.9 Å². The van der Waals surface area contributed by atoms with Crippen LogP contribution in [-0.2, 0) is 10.0 Å². The molecule has 0 aliphatic carbocycles. The number of hydrogen-bond acceptors (Lipinski definition) is 4. The second kappa shape index (κ2) is 6.54. The highest BCUT2D eigenvalue weighted by molar-refractivity contribution is 9.10. The first-order valence-electron chi connectivity index (χ1n) is 6.82. The van der Waals surface area contributed by atoms with E-state index in [-0.39, 0.29) is 4.90 Å². The molecule has 1 aromatic carbocycles. The van der Waals surface area contributed by atoms with Gasteiger partial charge < -0.3 is 0 Å². The van der Waals surface area contributed by atoms with Crippen LogP contribution in [0.1, 0.15) is 5.69 Å². The molecule has 0 saturated heterocycles. The zero-order chi connectivity index (χ0) is 17.3. The monoisotopic (exact) mass is 426 g/mol. The summed E-state index contributed by atoms with van der Waals surface area (Å²) < 4.78 is 29.8. The van der Waals surface area contributed by atoms with Crippen LogP contribution >= 0.6 is 27.5 Å². The Morgan fingerprint density at radius 1 is 1.21 bits per heavy atom. The van der Waals surface area contributed by atoms with Crippen LogP contribution in [0.5, 0.6) is 0 Å². The van der Waals surface area contributed by atoms with Gasteiger partial charge in [-0.05, 0) is 37.3 Å². The number of benzene rings is 1. The van der Waals surface area contributed by atoms with Crippen LogP contribution in [0.25, 0.3) is 5.82 Å². The molecular weight excluding hydrogens is 416 g/mol. The third-order valence-electron chi connectivity index (χ3n) is 3.08. The predicted octanol–water partition coefficient (Wildman–Crippen LogP) is 3.79. The van der Waals surface area contributed by atoms with Gasteiger partial charge in [-0.2, -0.15) is 9.78 Å². The number of nitrogens with one attached hydrogen (secondary N) is 1. The molecule has 3 aromatic rings. The number of aryl methyl sites for hydroxylation is 1. The van der Waals surface area contributed by atoms with Crippen molar-refractivity contribution in [1.29, 1.82) is 0 Å². The van der Waals surface area contributed by atoms with Gasteiger partial charge in [-0.1, -0.05) is 33.6 Å². The third kappa shape index (κ3) is 3.61. The maximum absolute atomic E-state index is 12.6. The van der Waals surface area contributed by atoms with E-state index >= 15 is 0 Å². The lowest BCUT2D eigenvalue weighted by atomic mass is 10.4. The Kier molecular flexibility index (Phi) is 4.62. The minimum absolute atomic E-state index is 0.0494. The van der Waals surface area contributed by atoms with E-state index < -0.39 is 10.0 Å². The van der Waals surface area contributed by atoms with Crippen LogP contribution < -0.4 is 4.72 Å². The molecule has 2 heterocycles. The molecule has 0 aliphatic rings. The smallest absolute Gasteiger partial charge is 0.263 e. The Bertz CT molecular complexity index is 970. The van der Waals surface area contributed by atoms with Crippen LogP contribution in [0.15, 0.2) is 58.0 Å². The normalized spacial score (nSPS) is 11.5. The molecule has 0 atom stereocenters. The van der Waals surface area contributed by atoms with E-state index in [9.17, 15) is 8.42 Å². The fourth-order valence-corrected chi connectivity index (χ4v) is 4.29. The molecule has 0 saturated carbocycles. The standard InChI is InChI=1S/C15H12BrClN4O2S/c1-10-6-15(21(19-10)14-4-2-3-5-18-14)20-24(22,23)13-8-11(16)7-12(17)9-13/h2-9,20H,1H3. The lowest BCUT2D eigenvalue weighted by Gasteiger charge is -2.10. The van der Waals surface area contributed by atoms with E-state index in [1.807, 2.05) is 0 Å². The average molecular weight is 428 g/mol. The van der Waals surface area contributed by atoms with Crippen molar-refractivity contribution in [2.24, 2.45) is 0 Å². The molecule has 0 fully saturated rings. The van der Waals surface area contributed by atoms with Crippen LogP contribution in [0.4, 0.5) is 5.82 Å². The predicted molar refractivity (Wildman–Crippen MR) is 96.1 cm³/mol. The van der Waals surface area contributed by atoms with Crippen molar-refractivity contribution in [1.82, 2.24) is 14.8 Å². The second-order valence-corrected chi connectivity index (χ2v) is 8.02. The Morgan fingerprint density at radius 3 is 2.67 bits per heavy atom. The van der Waals surface area contributed by atoms with Crippen LogP contribution in [0, 0.1) is 6.92 Å². The lowest BCUT2D eigenvalue weighted by Crippen LogP contribution is -2.16. The van der Waals surface area contributed by atoms with Crippen molar-refractivity contribution >= 4 is 43.4 Å². The van der Waals surface area contributed by atoms with Gasteiger partial charge in [0, 0.05) is 21.8 Å². The summed E-state index contributed by atoms with van der Waals surface area (Å²) >= 11 is 9.18. The summed E-state index contributed by atoms with van der Waals surface area (Å²) in [4.78, 5) is 4.24. The van der Waals surface area contributed by atoms with Gasteiger partial charge in [-0.15, -0.1) is 0 Å². The zero-order valence-corrected chi connectivity index (χ0v) is 15.6. The number of hydrogen-bond donors (Lipinski definition) is 1. The van der Waals surface area contributed by atoms with E-state index in [1.165, 1.54) is 16.8 Å². The molecule has 24 heavy (non-hydrogen) atoms. The first kappa shape index (κ1) is 16.9. The summed E-state index contributed by atoms with van der Waals surface area (Å²) in [7, 11) is -3.83. The minimum atomic E-state index is -3.83. The van der Waals surface area contributed by atoms with Gasteiger partial charge >= 0.3 is 0 Å². The largest absolute Gasteiger partial charge is 0.263 e. The zero-order valence-electron chi connectivity index (χ0n) is 12.4. The topological polar surface area (TPSA) is 76.9 Å². The van der Waals surface area contributed by atoms with Gasteiger partial charge in [0.15, 0.2) is 5.82 Å². The maximum atomic E-state index is 12.6. The summed E-state index contributed by atoms with van der Waals surface area (Å²) in [5, 5.41) is 4.60. The summed E-state index contributed by atoms with van der Waals surface area (Å²) in [6.07, 6.45) is 1.61. The van der Waals surface area contributed by atoms with Gasteiger partial charge in [0.05, 0.1) is 10.6 Å². The average Bonchev–Trinajstić information content (AvgIpc) is 2.87. The van der Waals surface area contributed by atoms with Gasteiger partial charge in [-0.3, -0.25) is 4.72 Å². The highest BCUT2D eigenvalue weighted by Gasteiger charge is 2.19. The molecule has 6 nitrogen and oxygen atoms in total. The van der Waals surface area contributed by atoms with E-state index in [2.05, 4.69) is 30.7 Å². The minimum Gasteiger partial charge on any atom is -0.263 e. The number of pyridine rings is 1. The Labute approximate surface area is 152 Å². The molecule has 2 aromatic heterocycles. The summed E-state index contributed by atoms with van der Waals surface area (Å²) in [5.74, 6) is 0.804. The number of nitrogens with zero attached hydrogens (tertiary/aromatic N) is 3. The third-order valence-corrected chi connectivity index (χ3v) is 5.09. The molecule has 0 amide bonds. The number of sulfonamides is 1. The molecular formula is C15H12BrClN4O2S. The number of anilines is 1. The summed E-state index contributed by atoms with van der Waals surface area (Å²) in [6, 6.07) is 11.4. The molecule has 3 rings (SSSR count). The van der Waals surface area contributed by atoms with E-state index in [0.717, 1.165) is 0 Å². The molecule has 124 valence electrons. The van der Waals surface area contributed by atoms with Crippen LogP contribution in [-0.4, -0.2) is 23.2 Å². The molecule has 0 bridgehead atoms. The SMILES string of the molecule is Cc1cc(NS(=O)(=O)c2cc(Cl)cc(Br)c2)n(-c2ccccn2)n1. The molecule has 0 unspecified atom stereocenters. The number of aromatic nitrogens is 3. The summed E-state index contributed by atoms with van der Waals surface area (Å²) in [6.45, 7) is 1.77. The van der Waals surface area contributed by atoms with Crippen molar-refractivity contribution < 1.29 is 8.42 Å². The second-order valence-electron chi connectivity index (χ2n) is 4.98. The first-order valence-corrected chi connectivity index (χ1v) is 9.47. The van der Waals surface area contributed by atoms with Crippen molar-refractivity contribution in [2.75, 3.05) is 4.72 Å². The van der Waals surface area contributed by atoms with E-state index in [0.29, 0.717) is 26.8 Å². The highest BCUT2D eigenvalue weighted by Crippen LogP contribution is 2.25. The van der Waals surface area contributed by atoms with Gasteiger partial charge in [0.1, 0.15) is 5.82 Å². The van der Waals surface area contributed by atoms with E-state index in [4.69, 9.17) is 11.6 Å². The molecule has 0 spiro atoms. The Balaban J connectivity index is 2.02. The van der Waals surface area contributed by atoms with Gasteiger partial charge in [0.25, 0.3) is 10.0 Å². The molecule has 9 heteroatoms. The molecule has 0 radical (unpaired) electrons. The number of rotatable bonds is 4. The van der Waals surface area contributed by atoms with Crippen LogP contribution in [0.2, 0.25) is 5.02 Å². The fraction of sp³-hybridized carbons (Fsp3) is 0.0667. The van der Waals surface area contributed by atoms with Crippen molar-refractivity contribution in [3.63, 3.8) is 0 Å². The van der Waals surface area contributed by atoms with Crippen LogP contribution in [0.3, 0.4) is 0 Å². The maximum Gasteiger partial charge on any atom is 0.263 e. The lowest BCUT2D eigenvalue weighted by molar-refractivity contribution is 0.600. The van der Waals surface area contributed by atoms with Crippen molar-refractivity contribution in [2.45, 2.75) is 11.8 Å². The number of halogens is 2. The highest BCUT2D eigenvalue weighted by atomic mass is 79.9. The van der Waals surface area contributed by atoms with E-state index in [1.54, 1.807) is 43.5 Å². The molecule has 0 aliphatic heterocycles. The quantitative estimate of drug-likeness (QED) is 0.687. The fourth-order valence-electron chi connectivity index (χ4n) is 2.11. The first-order chi connectivity index (χ1) is 11.3. The van der Waals surface area contributed by atoms with Gasteiger partial charge in [-0.25, -0.2) is 13.4 Å². The van der Waals surface area contributed by atoms with Gasteiger partial charge in [0.2, 0.25) is 0 Å². The van der Waals surface area contributed by atoms with Crippen molar-refractivity contribution in [3.8, 4) is 5.82 Å².